The Morgan fingerprint density at radius 1 is 1.50 bits per heavy atom. The summed E-state index contributed by atoms with van der Waals surface area (Å²) in [6, 6.07) is 4.18. The third-order valence-corrected chi connectivity index (χ3v) is 4.48. The number of carbonyl (C=O) groups is 1. The fourth-order valence-electron chi connectivity index (χ4n) is 2.83. The van der Waals surface area contributed by atoms with E-state index in [4.69, 9.17) is 16.1 Å². The minimum Gasteiger partial charge on any atom is -0.353 e. The van der Waals surface area contributed by atoms with Crippen LogP contribution in [0, 0.1) is 5.82 Å². The molecule has 1 unspecified atom stereocenters. The first-order valence-corrected chi connectivity index (χ1v) is 8.22. The number of nitrogens with one attached hydrogen (secondary N) is 1. The number of nitrogens with zero attached hydrogens (tertiary/aromatic N) is 3. The van der Waals surface area contributed by atoms with Gasteiger partial charge in [0.05, 0.1) is 12.5 Å². The van der Waals surface area contributed by atoms with Gasteiger partial charge >= 0.3 is 0 Å². The van der Waals surface area contributed by atoms with Gasteiger partial charge in [-0.2, -0.15) is 4.98 Å². The van der Waals surface area contributed by atoms with Gasteiger partial charge in [0.1, 0.15) is 5.82 Å². The summed E-state index contributed by atoms with van der Waals surface area (Å²) in [7, 11) is 0. The minimum absolute atomic E-state index is 0.0417. The van der Waals surface area contributed by atoms with Crippen LogP contribution >= 0.6 is 11.6 Å². The van der Waals surface area contributed by atoms with E-state index >= 15 is 0 Å². The molecule has 1 aromatic heterocycles. The summed E-state index contributed by atoms with van der Waals surface area (Å²) in [6.45, 7) is 4.21. The van der Waals surface area contributed by atoms with Crippen molar-refractivity contribution in [1.29, 1.82) is 0 Å². The molecule has 0 saturated carbocycles. The number of hydrogen-bond acceptors (Lipinski definition) is 5. The van der Waals surface area contributed by atoms with Crippen LogP contribution in [0.1, 0.15) is 24.2 Å². The summed E-state index contributed by atoms with van der Waals surface area (Å²) in [6.07, 6.45) is 0.473. The van der Waals surface area contributed by atoms with Gasteiger partial charge in [-0.25, -0.2) is 4.39 Å². The Morgan fingerprint density at radius 2 is 2.33 bits per heavy atom. The van der Waals surface area contributed by atoms with Crippen molar-refractivity contribution in [2.24, 2.45) is 0 Å². The number of carbonyl (C=O) groups excluding carboxylic acids is 1. The molecule has 1 atom stereocenters. The molecule has 2 aromatic rings. The lowest BCUT2D eigenvalue weighted by molar-refractivity contribution is -0.129. The largest absolute Gasteiger partial charge is 0.353 e. The fraction of sp³-hybridized carbons (Fsp3) is 0.438. The molecule has 1 N–H and O–H groups in total. The zero-order valence-corrected chi connectivity index (χ0v) is 14.0. The average Bonchev–Trinajstić information content (AvgIpc) is 3.00. The summed E-state index contributed by atoms with van der Waals surface area (Å²) in [4.78, 5) is 18.4. The Bertz CT molecular complexity index is 716. The molecule has 1 amide bonds. The lowest BCUT2D eigenvalue weighted by Gasteiger charge is -2.33. The van der Waals surface area contributed by atoms with Crippen LogP contribution in [0.4, 0.5) is 4.39 Å². The van der Waals surface area contributed by atoms with Gasteiger partial charge in [0.25, 0.3) is 0 Å². The third-order valence-electron chi connectivity index (χ3n) is 4.12. The van der Waals surface area contributed by atoms with E-state index in [0.717, 1.165) is 13.1 Å². The zero-order valence-electron chi connectivity index (χ0n) is 13.3. The van der Waals surface area contributed by atoms with E-state index in [1.54, 1.807) is 12.1 Å². The molecule has 1 saturated heterocycles. The summed E-state index contributed by atoms with van der Waals surface area (Å²) < 4.78 is 19.1. The van der Waals surface area contributed by atoms with E-state index < -0.39 is 5.82 Å². The number of rotatable bonds is 5. The molecule has 1 aliphatic rings. The zero-order chi connectivity index (χ0) is 17.1. The number of benzene rings is 1. The number of likely N-dealkylation sites (N-methyl/N-ethyl adjacent to an activating group) is 1. The second-order valence-electron chi connectivity index (χ2n) is 5.62. The molecule has 1 fully saturated rings. The second kappa shape index (κ2) is 7.27. The molecular formula is C16H18ClFN4O2. The van der Waals surface area contributed by atoms with Gasteiger partial charge in [-0.3, -0.25) is 9.69 Å². The summed E-state index contributed by atoms with van der Waals surface area (Å²) in [5.41, 5.74) is 0.331. The first-order valence-electron chi connectivity index (χ1n) is 7.84. The van der Waals surface area contributed by atoms with Crippen molar-refractivity contribution < 1.29 is 13.7 Å². The second-order valence-corrected chi connectivity index (χ2v) is 6.03. The monoisotopic (exact) mass is 352 g/mol. The summed E-state index contributed by atoms with van der Waals surface area (Å²) >= 11 is 6.01. The number of halogens is 2. The Hall–Kier alpha value is -1.99. The van der Waals surface area contributed by atoms with E-state index in [2.05, 4.69) is 20.4 Å². The summed E-state index contributed by atoms with van der Waals surface area (Å²) in [5, 5.41) is 7.04. The highest BCUT2D eigenvalue weighted by molar-refractivity contribution is 6.31. The van der Waals surface area contributed by atoms with Crippen LogP contribution in [0.2, 0.25) is 5.02 Å². The number of hydrogen-bond donors (Lipinski definition) is 1. The van der Waals surface area contributed by atoms with E-state index in [1.807, 2.05) is 6.92 Å². The first kappa shape index (κ1) is 16.9. The van der Waals surface area contributed by atoms with E-state index in [1.165, 1.54) is 6.07 Å². The Labute approximate surface area is 144 Å². The quantitative estimate of drug-likeness (QED) is 0.888. The Morgan fingerprint density at radius 3 is 3.08 bits per heavy atom. The van der Waals surface area contributed by atoms with E-state index in [-0.39, 0.29) is 18.4 Å². The third kappa shape index (κ3) is 3.57. The van der Waals surface area contributed by atoms with Gasteiger partial charge in [-0.1, -0.05) is 29.7 Å². The van der Waals surface area contributed by atoms with Crippen molar-refractivity contribution in [2.45, 2.75) is 25.8 Å². The molecule has 0 bridgehead atoms. The predicted octanol–water partition coefficient (Wildman–Crippen LogP) is 1.82. The highest BCUT2D eigenvalue weighted by atomic mass is 35.5. The molecule has 6 nitrogen and oxygen atoms in total. The Balaban J connectivity index is 1.72. The highest BCUT2D eigenvalue weighted by Gasteiger charge is 2.30. The lowest BCUT2D eigenvalue weighted by atomic mass is 10.1. The van der Waals surface area contributed by atoms with E-state index in [9.17, 15) is 9.18 Å². The maximum atomic E-state index is 13.8. The van der Waals surface area contributed by atoms with Crippen LogP contribution < -0.4 is 5.32 Å². The number of aromatic nitrogens is 2. The van der Waals surface area contributed by atoms with E-state index in [0.29, 0.717) is 35.3 Å². The number of amides is 1. The van der Waals surface area contributed by atoms with Crippen LogP contribution in [0.3, 0.4) is 0 Å². The van der Waals surface area contributed by atoms with Crippen molar-refractivity contribution in [3.8, 4) is 0 Å². The van der Waals surface area contributed by atoms with Crippen molar-refractivity contribution in [3.05, 3.63) is 46.3 Å². The van der Waals surface area contributed by atoms with Crippen LogP contribution in [0.5, 0.6) is 0 Å². The summed E-state index contributed by atoms with van der Waals surface area (Å²) in [5.74, 6) is 0.256. The predicted molar refractivity (Wildman–Crippen MR) is 86.3 cm³/mol. The van der Waals surface area contributed by atoms with Crippen molar-refractivity contribution in [3.63, 3.8) is 0 Å². The van der Waals surface area contributed by atoms with Crippen molar-refractivity contribution in [2.75, 3.05) is 19.6 Å². The molecule has 0 spiro atoms. The average molecular weight is 353 g/mol. The normalized spacial score (nSPS) is 18.6. The van der Waals surface area contributed by atoms with Crippen LogP contribution in [0.15, 0.2) is 22.7 Å². The molecule has 0 aliphatic carbocycles. The van der Waals surface area contributed by atoms with Crippen LogP contribution in [-0.2, 0) is 17.6 Å². The molecule has 1 aliphatic heterocycles. The molecular weight excluding hydrogens is 335 g/mol. The molecule has 128 valence electrons. The van der Waals surface area contributed by atoms with Crippen LogP contribution in [-0.4, -0.2) is 46.6 Å². The van der Waals surface area contributed by atoms with Crippen molar-refractivity contribution in [1.82, 2.24) is 20.4 Å². The SMILES string of the molecule is CCN1CCNC(=O)C1Cc1nc(Cc2c(F)cccc2Cl)no1. The lowest BCUT2D eigenvalue weighted by Crippen LogP contribution is -2.55. The molecule has 1 aromatic carbocycles. The first-order chi connectivity index (χ1) is 11.6. The van der Waals surface area contributed by atoms with Gasteiger partial charge in [0.15, 0.2) is 5.82 Å². The smallest absolute Gasteiger partial charge is 0.237 e. The highest BCUT2D eigenvalue weighted by Crippen LogP contribution is 2.21. The molecule has 24 heavy (non-hydrogen) atoms. The fourth-order valence-corrected chi connectivity index (χ4v) is 3.06. The van der Waals surface area contributed by atoms with Crippen LogP contribution in [0.25, 0.3) is 0 Å². The van der Waals surface area contributed by atoms with Gasteiger partial charge in [-0.05, 0) is 18.7 Å². The van der Waals surface area contributed by atoms with Gasteiger partial charge < -0.3 is 9.84 Å². The van der Waals surface area contributed by atoms with Gasteiger partial charge in [-0.15, -0.1) is 0 Å². The molecule has 0 radical (unpaired) electrons. The van der Waals surface area contributed by atoms with Gasteiger partial charge in [0, 0.05) is 30.1 Å². The van der Waals surface area contributed by atoms with Gasteiger partial charge in [0.2, 0.25) is 11.8 Å². The maximum absolute atomic E-state index is 13.8. The van der Waals surface area contributed by atoms with Crippen molar-refractivity contribution >= 4 is 17.5 Å². The number of piperazine rings is 1. The Kier molecular flexibility index (Phi) is 5.11. The molecule has 2 heterocycles. The molecule has 8 heteroatoms. The maximum Gasteiger partial charge on any atom is 0.237 e. The molecule has 3 rings (SSSR count). The topological polar surface area (TPSA) is 71.3 Å². The minimum atomic E-state index is -0.405. The standard InChI is InChI=1S/C16H18ClFN4O2/c1-2-22-7-6-19-16(23)13(22)9-15-20-14(21-24-15)8-10-11(17)4-3-5-12(10)18/h3-5,13H,2,6-9H2,1H3,(H,19,23).